The molecule has 9 heteroatoms. The number of alkyl halides is 3. The number of amides is 1. The van der Waals surface area contributed by atoms with E-state index in [-0.39, 0.29) is 12.1 Å². The van der Waals surface area contributed by atoms with Crippen LogP contribution in [0.2, 0.25) is 0 Å². The van der Waals surface area contributed by atoms with Gasteiger partial charge in [0.25, 0.3) is 5.91 Å². The molecular weight excluding hydrogens is 361 g/mol. The van der Waals surface area contributed by atoms with Crippen LogP contribution in [0.4, 0.5) is 13.2 Å². The van der Waals surface area contributed by atoms with Crippen LogP contribution in [0.5, 0.6) is 0 Å². The van der Waals surface area contributed by atoms with Crippen molar-refractivity contribution in [3.05, 3.63) is 59.4 Å². The summed E-state index contributed by atoms with van der Waals surface area (Å²) in [5, 5.41) is 7.09. The van der Waals surface area contributed by atoms with Crippen LogP contribution in [-0.4, -0.2) is 27.2 Å². The number of pyridine rings is 1. The van der Waals surface area contributed by atoms with Crippen molar-refractivity contribution >= 4 is 5.91 Å². The molecule has 0 saturated carbocycles. The molecule has 0 spiro atoms. The Kier molecular flexibility index (Phi) is 5.02. The Hall–Kier alpha value is -3.10. The van der Waals surface area contributed by atoms with Crippen LogP contribution in [0.15, 0.2) is 41.1 Å². The van der Waals surface area contributed by atoms with E-state index in [0.29, 0.717) is 6.54 Å². The normalized spacial score (nSPS) is 11.6. The molecule has 0 aliphatic carbocycles. The molecule has 142 valence electrons. The molecule has 0 bridgehead atoms. The van der Waals surface area contributed by atoms with Gasteiger partial charge in [0.1, 0.15) is 11.5 Å². The first kappa shape index (κ1) is 18.7. The molecule has 6 nitrogen and oxygen atoms in total. The first-order valence-electron chi connectivity index (χ1n) is 8.16. The molecule has 27 heavy (non-hydrogen) atoms. The lowest BCUT2D eigenvalue weighted by Gasteiger charge is -2.08. The molecular formula is C18H17F3N4O2. The zero-order valence-electron chi connectivity index (χ0n) is 14.7. The molecule has 0 fully saturated rings. The minimum Gasteiger partial charge on any atom is -0.464 e. The fourth-order valence-electron chi connectivity index (χ4n) is 2.77. The number of furan rings is 1. The molecule has 3 aromatic rings. The summed E-state index contributed by atoms with van der Waals surface area (Å²) >= 11 is 0. The summed E-state index contributed by atoms with van der Waals surface area (Å²) in [6, 6.07) is 5.53. The van der Waals surface area contributed by atoms with Gasteiger partial charge in [-0.15, -0.1) is 0 Å². The number of carbonyl (C=O) groups excluding carboxylic acids is 1. The summed E-state index contributed by atoms with van der Waals surface area (Å²) in [6.45, 7) is 4.44. The number of aromatic nitrogens is 3. The van der Waals surface area contributed by atoms with Gasteiger partial charge in [0.2, 0.25) is 0 Å². The summed E-state index contributed by atoms with van der Waals surface area (Å²) in [4.78, 5) is 15.3. The van der Waals surface area contributed by atoms with E-state index in [1.54, 1.807) is 17.0 Å². The quantitative estimate of drug-likeness (QED) is 0.736. The fourth-order valence-corrected chi connectivity index (χ4v) is 2.77. The lowest BCUT2D eigenvalue weighted by atomic mass is 10.1. The summed E-state index contributed by atoms with van der Waals surface area (Å²) < 4.78 is 44.7. The van der Waals surface area contributed by atoms with E-state index in [4.69, 9.17) is 4.42 Å². The summed E-state index contributed by atoms with van der Waals surface area (Å²) in [5.41, 5.74) is 1.63. The Labute approximate surface area is 153 Å². The minimum absolute atomic E-state index is 0.0626. The van der Waals surface area contributed by atoms with Crippen LogP contribution in [0, 0.1) is 13.8 Å². The highest BCUT2D eigenvalue weighted by Crippen LogP contribution is 2.28. The first-order valence-corrected chi connectivity index (χ1v) is 8.16. The molecule has 3 aromatic heterocycles. The lowest BCUT2D eigenvalue weighted by Crippen LogP contribution is -2.28. The van der Waals surface area contributed by atoms with Crippen LogP contribution >= 0.6 is 0 Å². The Morgan fingerprint density at radius 1 is 1.26 bits per heavy atom. The smallest absolute Gasteiger partial charge is 0.433 e. The second-order valence-corrected chi connectivity index (χ2v) is 5.93. The predicted octanol–water partition coefficient (Wildman–Crippen LogP) is 3.60. The van der Waals surface area contributed by atoms with Crippen molar-refractivity contribution in [2.24, 2.45) is 0 Å². The van der Waals surface area contributed by atoms with Gasteiger partial charge in [0, 0.05) is 18.4 Å². The molecule has 0 aromatic carbocycles. The maximum Gasteiger partial charge on any atom is 0.433 e. The van der Waals surface area contributed by atoms with Crippen LogP contribution < -0.4 is 5.32 Å². The third-order valence-electron chi connectivity index (χ3n) is 4.07. The summed E-state index contributed by atoms with van der Waals surface area (Å²) in [5.74, 6) is 0.222. The molecule has 1 N–H and O–H groups in total. The molecule has 0 aliphatic rings. The number of aryl methyl sites for hydroxylation is 1. The van der Waals surface area contributed by atoms with Gasteiger partial charge >= 0.3 is 6.18 Å². The predicted molar refractivity (Wildman–Crippen MR) is 91.0 cm³/mol. The first-order chi connectivity index (χ1) is 12.8. The van der Waals surface area contributed by atoms with Crippen molar-refractivity contribution in [2.75, 3.05) is 6.54 Å². The van der Waals surface area contributed by atoms with Crippen molar-refractivity contribution in [2.45, 2.75) is 26.6 Å². The summed E-state index contributed by atoms with van der Waals surface area (Å²) in [6.07, 6.45) is -2.03. The molecule has 0 atom stereocenters. The summed E-state index contributed by atoms with van der Waals surface area (Å²) in [7, 11) is 0. The van der Waals surface area contributed by atoms with E-state index in [2.05, 4.69) is 15.4 Å². The lowest BCUT2D eigenvalue weighted by molar-refractivity contribution is -0.141. The largest absolute Gasteiger partial charge is 0.464 e. The fraction of sp³-hybridized carbons (Fsp3) is 0.278. The van der Waals surface area contributed by atoms with E-state index in [1.807, 2.05) is 19.9 Å². The second kappa shape index (κ2) is 7.26. The third kappa shape index (κ3) is 4.02. The SMILES string of the molecule is Cc1nn(CCNC(=O)c2ccc(C(F)(F)F)nc2)c(C)c1-c1ccco1. The molecule has 0 aliphatic heterocycles. The van der Waals surface area contributed by atoms with Crippen LogP contribution in [-0.2, 0) is 12.7 Å². The highest BCUT2D eigenvalue weighted by Gasteiger charge is 2.32. The van der Waals surface area contributed by atoms with Gasteiger partial charge in [-0.25, -0.2) is 0 Å². The van der Waals surface area contributed by atoms with Crippen molar-refractivity contribution in [1.29, 1.82) is 0 Å². The third-order valence-corrected chi connectivity index (χ3v) is 4.07. The van der Waals surface area contributed by atoms with E-state index in [1.165, 1.54) is 0 Å². The molecule has 3 heterocycles. The van der Waals surface area contributed by atoms with E-state index in [9.17, 15) is 18.0 Å². The van der Waals surface area contributed by atoms with Crippen LogP contribution in [0.1, 0.15) is 27.4 Å². The highest BCUT2D eigenvalue weighted by molar-refractivity contribution is 5.93. The number of rotatable bonds is 5. The van der Waals surface area contributed by atoms with Gasteiger partial charge in [0.05, 0.1) is 29.6 Å². The standard InChI is InChI=1S/C18H17F3N4O2/c1-11-16(14-4-3-9-27-14)12(2)25(24-11)8-7-22-17(26)13-5-6-15(23-10-13)18(19,20)21/h3-6,9-10H,7-8H2,1-2H3,(H,22,26). The molecule has 0 unspecified atom stereocenters. The van der Waals surface area contributed by atoms with Gasteiger partial charge in [-0.2, -0.15) is 18.3 Å². The maximum atomic E-state index is 12.5. The number of nitrogens with zero attached hydrogens (tertiary/aromatic N) is 3. The number of carbonyl (C=O) groups is 1. The number of nitrogens with one attached hydrogen (secondary N) is 1. The minimum atomic E-state index is -4.53. The highest BCUT2D eigenvalue weighted by atomic mass is 19.4. The Morgan fingerprint density at radius 2 is 2.04 bits per heavy atom. The number of hydrogen-bond acceptors (Lipinski definition) is 4. The van der Waals surface area contributed by atoms with Crippen molar-refractivity contribution < 1.29 is 22.4 Å². The maximum absolute atomic E-state index is 12.5. The topological polar surface area (TPSA) is 73.0 Å². The molecule has 0 saturated heterocycles. The van der Waals surface area contributed by atoms with E-state index in [0.717, 1.165) is 41.0 Å². The number of halogens is 3. The van der Waals surface area contributed by atoms with Gasteiger partial charge in [-0.1, -0.05) is 0 Å². The molecule has 3 rings (SSSR count). The van der Waals surface area contributed by atoms with E-state index >= 15 is 0 Å². The Bertz CT molecular complexity index is 929. The van der Waals surface area contributed by atoms with E-state index < -0.39 is 17.8 Å². The van der Waals surface area contributed by atoms with Gasteiger partial charge in [-0.05, 0) is 38.1 Å². The van der Waals surface area contributed by atoms with Gasteiger partial charge in [0.15, 0.2) is 0 Å². The average molecular weight is 378 g/mol. The number of hydrogen-bond donors (Lipinski definition) is 1. The van der Waals surface area contributed by atoms with Crippen molar-refractivity contribution in [3.8, 4) is 11.3 Å². The Balaban J connectivity index is 1.62. The Morgan fingerprint density at radius 3 is 2.63 bits per heavy atom. The zero-order chi connectivity index (χ0) is 19.6. The van der Waals surface area contributed by atoms with Gasteiger partial charge in [-0.3, -0.25) is 14.5 Å². The van der Waals surface area contributed by atoms with Gasteiger partial charge < -0.3 is 9.73 Å². The average Bonchev–Trinajstić information content (AvgIpc) is 3.22. The second-order valence-electron chi connectivity index (χ2n) is 5.93. The van der Waals surface area contributed by atoms with Crippen molar-refractivity contribution in [1.82, 2.24) is 20.1 Å². The molecule has 0 radical (unpaired) electrons. The van der Waals surface area contributed by atoms with Crippen LogP contribution in [0.25, 0.3) is 11.3 Å². The van der Waals surface area contributed by atoms with Crippen LogP contribution in [0.3, 0.4) is 0 Å². The van der Waals surface area contributed by atoms with Crippen molar-refractivity contribution in [3.63, 3.8) is 0 Å². The zero-order valence-corrected chi connectivity index (χ0v) is 14.7. The monoisotopic (exact) mass is 378 g/mol. The molecule has 1 amide bonds.